The van der Waals surface area contributed by atoms with E-state index in [4.69, 9.17) is 9.47 Å². The van der Waals surface area contributed by atoms with Crippen molar-refractivity contribution in [3.05, 3.63) is 0 Å². The van der Waals surface area contributed by atoms with Crippen LogP contribution in [0.15, 0.2) is 0 Å². The van der Waals surface area contributed by atoms with Crippen LogP contribution in [-0.2, 0) is 19.1 Å². The molecule has 0 rings (SSSR count). The zero-order valence-electron chi connectivity index (χ0n) is 20.4. The number of hydrogen-bond acceptors (Lipinski definition) is 4. The van der Waals surface area contributed by atoms with E-state index in [-0.39, 0.29) is 12.5 Å². The maximum absolute atomic E-state index is 11.8. The Morgan fingerprint density at radius 3 is 1.53 bits per heavy atom. The van der Waals surface area contributed by atoms with Crippen molar-refractivity contribution in [1.82, 2.24) is 0 Å². The number of ether oxygens (including phenoxy) is 2. The summed E-state index contributed by atoms with van der Waals surface area (Å²) in [7, 11) is 0. The lowest BCUT2D eigenvalue weighted by Gasteiger charge is -2.15. The van der Waals surface area contributed by atoms with Crippen molar-refractivity contribution in [2.75, 3.05) is 6.61 Å². The van der Waals surface area contributed by atoms with Gasteiger partial charge in [-0.1, -0.05) is 117 Å². The molecule has 0 saturated carbocycles. The van der Waals surface area contributed by atoms with E-state index < -0.39 is 11.9 Å². The van der Waals surface area contributed by atoms with E-state index in [1.54, 1.807) is 0 Å². The number of rotatable bonds is 22. The summed E-state index contributed by atoms with van der Waals surface area (Å²) in [5.74, 6) is -0.913. The fourth-order valence-electron chi connectivity index (χ4n) is 3.66. The quantitative estimate of drug-likeness (QED) is 0.100. The van der Waals surface area contributed by atoms with Crippen LogP contribution in [0.3, 0.4) is 0 Å². The van der Waals surface area contributed by atoms with E-state index in [9.17, 15) is 9.59 Å². The number of esters is 2. The molecule has 0 aliphatic rings. The third-order valence-electron chi connectivity index (χ3n) is 5.68. The maximum atomic E-state index is 11.8. The first kappa shape index (κ1) is 28.9. The van der Waals surface area contributed by atoms with Gasteiger partial charge in [-0.2, -0.15) is 0 Å². The normalized spacial score (nSPS) is 12.0. The standard InChI is InChI=1S/C26H50O4/c1-4-7-9-10-11-12-13-14-15-16-17-18-19-20-22-29-25(27)23-26(28)30-24(6-3)21-8-5-2/h24H,4-23H2,1-3H3. The molecule has 4 nitrogen and oxygen atoms in total. The van der Waals surface area contributed by atoms with Crippen LogP contribution in [0, 0.1) is 0 Å². The molecule has 0 radical (unpaired) electrons. The van der Waals surface area contributed by atoms with Crippen molar-refractivity contribution in [3.8, 4) is 0 Å². The van der Waals surface area contributed by atoms with Gasteiger partial charge < -0.3 is 9.47 Å². The van der Waals surface area contributed by atoms with Gasteiger partial charge in [0.1, 0.15) is 12.5 Å². The van der Waals surface area contributed by atoms with Crippen molar-refractivity contribution in [1.29, 1.82) is 0 Å². The third kappa shape index (κ3) is 20.2. The van der Waals surface area contributed by atoms with E-state index in [1.807, 2.05) is 6.92 Å². The summed E-state index contributed by atoms with van der Waals surface area (Å²) >= 11 is 0. The van der Waals surface area contributed by atoms with Crippen molar-refractivity contribution in [2.45, 2.75) is 149 Å². The highest BCUT2D eigenvalue weighted by Crippen LogP contribution is 2.13. The number of carbonyl (C=O) groups excluding carboxylic acids is 2. The van der Waals surface area contributed by atoms with Gasteiger partial charge in [0.15, 0.2) is 0 Å². The summed E-state index contributed by atoms with van der Waals surface area (Å²) in [4.78, 5) is 23.6. The second-order valence-electron chi connectivity index (χ2n) is 8.66. The second kappa shape index (κ2) is 22.6. The lowest BCUT2D eigenvalue weighted by Crippen LogP contribution is -2.21. The Bertz CT molecular complexity index is 394. The molecule has 1 unspecified atom stereocenters. The lowest BCUT2D eigenvalue weighted by atomic mass is 10.0. The first-order valence-electron chi connectivity index (χ1n) is 13.0. The van der Waals surface area contributed by atoms with Crippen LogP contribution in [-0.4, -0.2) is 24.6 Å². The molecule has 0 amide bonds. The largest absolute Gasteiger partial charge is 0.465 e. The van der Waals surface area contributed by atoms with Crippen LogP contribution >= 0.6 is 0 Å². The Labute approximate surface area is 186 Å². The van der Waals surface area contributed by atoms with Gasteiger partial charge in [0, 0.05) is 0 Å². The van der Waals surface area contributed by atoms with Crippen molar-refractivity contribution < 1.29 is 19.1 Å². The molecule has 0 aromatic rings. The molecule has 0 heterocycles. The van der Waals surface area contributed by atoms with E-state index in [0.29, 0.717) is 6.61 Å². The fraction of sp³-hybridized carbons (Fsp3) is 0.923. The predicted octanol–water partition coefficient (Wildman–Crippen LogP) is 7.91. The molecule has 1 atom stereocenters. The Morgan fingerprint density at radius 2 is 1.07 bits per heavy atom. The first-order chi connectivity index (χ1) is 14.6. The molecule has 0 aliphatic heterocycles. The van der Waals surface area contributed by atoms with Gasteiger partial charge in [0.2, 0.25) is 0 Å². The van der Waals surface area contributed by atoms with Crippen molar-refractivity contribution in [2.24, 2.45) is 0 Å². The zero-order valence-corrected chi connectivity index (χ0v) is 20.4. The van der Waals surface area contributed by atoms with E-state index >= 15 is 0 Å². The first-order valence-corrected chi connectivity index (χ1v) is 13.0. The fourth-order valence-corrected chi connectivity index (χ4v) is 3.66. The maximum Gasteiger partial charge on any atom is 0.317 e. The molecule has 0 aliphatic carbocycles. The number of unbranched alkanes of at least 4 members (excludes halogenated alkanes) is 14. The van der Waals surface area contributed by atoms with Gasteiger partial charge >= 0.3 is 11.9 Å². The molecule has 0 spiro atoms. The molecule has 178 valence electrons. The number of carbonyl (C=O) groups is 2. The Morgan fingerprint density at radius 1 is 0.600 bits per heavy atom. The third-order valence-corrected chi connectivity index (χ3v) is 5.68. The summed E-state index contributed by atoms with van der Waals surface area (Å²) in [6.07, 6.45) is 21.7. The molecule has 0 aromatic heterocycles. The van der Waals surface area contributed by atoms with Gasteiger partial charge in [0.25, 0.3) is 0 Å². The molecular formula is C26H50O4. The highest BCUT2D eigenvalue weighted by atomic mass is 16.6. The number of hydrogen-bond donors (Lipinski definition) is 0. The minimum absolute atomic E-state index is 0.0731. The molecule has 0 saturated heterocycles. The van der Waals surface area contributed by atoms with Crippen molar-refractivity contribution in [3.63, 3.8) is 0 Å². The van der Waals surface area contributed by atoms with E-state index in [2.05, 4.69) is 13.8 Å². The second-order valence-corrected chi connectivity index (χ2v) is 8.66. The van der Waals surface area contributed by atoms with E-state index in [1.165, 1.54) is 77.0 Å². The Hall–Kier alpha value is -1.06. The Balaban J connectivity index is 3.41. The van der Waals surface area contributed by atoms with Crippen LogP contribution in [0.1, 0.15) is 143 Å². The van der Waals surface area contributed by atoms with Gasteiger partial charge in [-0.15, -0.1) is 0 Å². The van der Waals surface area contributed by atoms with Gasteiger partial charge in [-0.05, 0) is 19.3 Å². The predicted molar refractivity (Wildman–Crippen MR) is 126 cm³/mol. The SMILES string of the molecule is CCCCCCCCCCCCCCCCOC(=O)CC(=O)OC(CC)CCCC. The summed E-state index contributed by atoms with van der Waals surface area (Å²) < 4.78 is 10.5. The van der Waals surface area contributed by atoms with Gasteiger partial charge in [0.05, 0.1) is 6.61 Å². The molecule has 4 heteroatoms. The smallest absolute Gasteiger partial charge is 0.317 e. The molecule has 30 heavy (non-hydrogen) atoms. The molecule has 0 aromatic carbocycles. The van der Waals surface area contributed by atoms with Crippen LogP contribution in [0.5, 0.6) is 0 Å². The van der Waals surface area contributed by atoms with Crippen LogP contribution in [0.25, 0.3) is 0 Å². The summed E-state index contributed by atoms with van der Waals surface area (Å²) in [6.45, 7) is 6.80. The van der Waals surface area contributed by atoms with E-state index in [0.717, 1.165) is 38.5 Å². The van der Waals surface area contributed by atoms with Crippen molar-refractivity contribution >= 4 is 11.9 Å². The molecule has 0 fully saturated rings. The minimum Gasteiger partial charge on any atom is -0.465 e. The summed E-state index contributed by atoms with van der Waals surface area (Å²) in [5, 5.41) is 0. The lowest BCUT2D eigenvalue weighted by molar-refractivity contribution is -0.158. The molecule has 0 bridgehead atoms. The van der Waals surface area contributed by atoms with Gasteiger partial charge in [-0.3, -0.25) is 9.59 Å². The highest BCUT2D eigenvalue weighted by molar-refractivity contribution is 5.91. The summed E-state index contributed by atoms with van der Waals surface area (Å²) in [6, 6.07) is 0. The van der Waals surface area contributed by atoms with Gasteiger partial charge in [-0.25, -0.2) is 0 Å². The Kier molecular flexibility index (Phi) is 21.8. The average molecular weight is 427 g/mol. The summed E-state index contributed by atoms with van der Waals surface area (Å²) in [5.41, 5.74) is 0. The zero-order chi connectivity index (χ0) is 22.3. The van der Waals surface area contributed by atoms with Crippen LogP contribution in [0.4, 0.5) is 0 Å². The minimum atomic E-state index is -0.458. The van der Waals surface area contributed by atoms with Crippen LogP contribution < -0.4 is 0 Å². The monoisotopic (exact) mass is 426 g/mol. The molecular weight excluding hydrogens is 376 g/mol. The van der Waals surface area contributed by atoms with Crippen LogP contribution in [0.2, 0.25) is 0 Å². The average Bonchev–Trinajstić information content (AvgIpc) is 2.73. The molecule has 0 N–H and O–H groups in total. The topological polar surface area (TPSA) is 52.6 Å². The highest BCUT2D eigenvalue weighted by Gasteiger charge is 2.16.